The molecule has 6 heteroatoms. The van der Waals surface area contributed by atoms with Gasteiger partial charge < -0.3 is 15.5 Å². The summed E-state index contributed by atoms with van der Waals surface area (Å²) >= 11 is 1.45. The van der Waals surface area contributed by atoms with Crippen molar-refractivity contribution in [2.24, 2.45) is 11.7 Å². The van der Waals surface area contributed by atoms with Gasteiger partial charge in [-0.3, -0.25) is 9.59 Å². The number of nitrogens with two attached hydrogens (primary N) is 1. The van der Waals surface area contributed by atoms with Crippen LogP contribution in [0.5, 0.6) is 0 Å². The van der Waals surface area contributed by atoms with Crippen LogP contribution in [0.4, 0.5) is 0 Å². The van der Waals surface area contributed by atoms with Crippen LogP contribution in [-0.2, 0) is 4.79 Å². The molecule has 2 unspecified atom stereocenters. The molecule has 1 aliphatic heterocycles. The Morgan fingerprint density at radius 1 is 1.20 bits per heavy atom. The summed E-state index contributed by atoms with van der Waals surface area (Å²) in [4.78, 5) is 28.8. The van der Waals surface area contributed by atoms with Crippen LogP contribution >= 0.6 is 11.3 Å². The molecule has 2 N–H and O–H groups in total. The van der Waals surface area contributed by atoms with E-state index < -0.39 is 0 Å². The van der Waals surface area contributed by atoms with Crippen molar-refractivity contribution in [1.29, 1.82) is 0 Å². The second-order valence-electron chi connectivity index (χ2n) is 5.24. The molecule has 2 heterocycles. The Labute approximate surface area is 123 Å². The largest absolute Gasteiger partial charge is 0.339 e. The average Bonchev–Trinajstić information content (AvgIpc) is 2.99. The molecule has 1 saturated heterocycles. The van der Waals surface area contributed by atoms with Crippen molar-refractivity contribution in [3.8, 4) is 0 Å². The maximum absolute atomic E-state index is 12.2. The maximum atomic E-state index is 12.2. The van der Waals surface area contributed by atoms with Crippen molar-refractivity contribution in [3.05, 3.63) is 22.4 Å². The van der Waals surface area contributed by atoms with Gasteiger partial charge in [-0.15, -0.1) is 11.3 Å². The first-order valence-electron chi connectivity index (χ1n) is 6.88. The highest BCUT2D eigenvalue weighted by atomic mass is 32.1. The highest BCUT2D eigenvalue weighted by molar-refractivity contribution is 7.12. The lowest BCUT2D eigenvalue weighted by atomic mass is 10.0. The summed E-state index contributed by atoms with van der Waals surface area (Å²) in [6.45, 7) is 6.07. The number of rotatable bonds is 3. The Balaban J connectivity index is 1.89. The summed E-state index contributed by atoms with van der Waals surface area (Å²) in [5.41, 5.74) is 5.77. The molecule has 2 rings (SSSR count). The Morgan fingerprint density at radius 3 is 2.30 bits per heavy atom. The molecule has 1 fully saturated rings. The fraction of sp³-hybridized carbons (Fsp3) is 0.571. The van der Waals surface area contributed by atoms with Gasteiger partial charge in [0.05, 0.1) is 10.8 Å². The van der Waals surface area contributed by atoms with Gasteiger partial charge >= 0.3 is 0 Å². The fourth-order valence-electron chi connectivity index (χ4n) is 2.20. The van der Waals surface area contributed by atoms with Gasteiger partial charge in [0, 0.05) is 32.2 Å². The lowest BCUT2D eigenvalue weighted by Crippen LogP contribution is -2.53. The quantitative estimate of drug-likeness (QED) is 0.905. The maximum Gasteiger partial charge on any atom is 0.264 e. The third-order valence-electron chi connectivity index (χ3n) is 3.79. The molecule has 5 nitrogen and oxygen atoms in total. The zero-order valence-corrected chi connectivity index (χ0v) is 12.7. The molecule has 1 aromatic rings. The van der Waals surface area contributed by atoms with Crippen LogP contribution in [-0.4, -0.2) is 53.8 Å². The number of carbonyl (C=O) groups is 2. The Kier molecular flexibility index (Phi) is 4.77. The van der Waals surface area contributed by atoms with E-state index in [0.717, 1.165) is 4.88 Å². The Morgan fingerprint density at radius 2 is 1.80 bits per heavy atom. The first kappa shape index (κ1) is 15.0. The van der Waals surface area contributed by atoms with Gasteiger partial charge in [-0.1, -0.05) is 13.0 Å². The van der Waals surface area contributed by atoms with Crippen LogP contribution in [0, 0.1) is 5.92 Å². The van der Waals surface area contributed by atoms with Crippen LogP contribution in [0.15, 0.2) is 17.5 Å². The van der Waals surface area contributed by atoms with Gasteiger partial charge in [0.25, 0.3) is 5.91 Å². The third kappa shape index (κ3) is 3.19. The van der Waals surface area contributed by atoms with Crippen molar-refractivity contribution < 1.29 is 9.59 Å². The van der Waals surface area contributed by atoms with E-state index in [1.165, 1.54) is 11.3 Å². The molecule has 0 spiro atoms. The second-order valence-corrected chi connectivity index (χ2v) is 6.19. The van der Waals surface area contributed by atoms with Gasteiger partial charge in [-0.05, 0) is 18.4 Å². The van der Waals surface area contributed by atoms with Crippen LogP contribution in [0.3, 0.4) is 0 Å². The summed E-state index contributed by atoms with van der Waals surface area (Å²) in [5.74, 6) is -0.0230. The Bertz CT molecular complexity index is 465. The number of nitrogens with zero attached hydrogens (tertiary/aromatic N) is 2. The molecule has 1 aliphatic rings. The molecule has 0 radical (unpaired) electrons. The predicted octanol–water partition coefficient (Wildman–Crippen LogP) is 1.02. The van der Waals surface area contributed by atoms with Crippen LogP contribution in [0.1, 0.15) is 23.5 Å². The summed E-state index contributed by atoms with van der Waals surface area (Å²) in [6.07, 6.45) is 0. The molecule has 0 aromatic carbocycles. The van der Waals surface area contributed by atoms with E-state index >= 15 is 0 Å². The minimum atomic E-state index is -0.172. The number of carbonyl (C=O) groups excluding carboxylic acids is 2. The minimum Gasteiger partial charge on any atom is -0.339 e. The number of piperazine rings is 1. The monoisotopic (exact) mass is 295 g/mol. The average molecular weight is 295 g/mol. The highest BCUT2D eigenvalue weighted by Gasteiger charge is 2.28. The molecule has 20 heavy (non-hydrogen) atoms. The predicted molar refractivity (Wildman–Crippen MR) is 79.6 cm³/mol. The van der Waals surface area contributed by atoms with Crippen molar-refractivity contribution in [2.45, 2.75) is 19.9 Å². The fourth-order valence-corrected chi connectivity index (χ4v) is 2.89. The third-order valence-corrected chi connectivity index (χ3v) is 4.65. The van der Waals surface area contributed by atoms with E-state index in [-0.39, 0.29) is 23.8 Å². The number of hydrogen-bond acceptors (Lipinski definition) is 4. The lowest BCUT2D eigenvalue weighted by Gasteiger charge is -2.36. The smallest absolute Gasteiger partial charge is 0.264 e. The summed E-state index contributed by atoms with van der Waals surface area (Å²) in [7, 11) is 0. The number of amides is 2. The highest BCUT2D eigenvalue weighted by Crippen LogP contribution is 2.15. The van der Waals surface area contributed by atoms with Crippen molar-refractivity contribution >= 4 is 23.2 Å². The second kappa shape index (κ2) is 6.37. The van der Waals surface area contributed by atoms with Crippen molar-refractivity contribution in [2.75, 3.05) is 26.2 Å². The zero-order valence-electron chi connectivity index (χ0n) is 11.9. The first-order chi connectivity index (χ1) is 9.50. The minimum absolute atomic E-state index is 0.0624. The first-order valence-corrected chi connectivity index (χ1v) is 7.76. The zero-order chi connectivity index (χ0) is 14.7. The van der Waals surface area contributed by atoms with Crippen LogP contribution in [0.2, 0.25) is 0 Å². The van der Waals surface area contributed by atoms with E-state index in [0.29, 0.717) is 26.2 Å². The van der Waals surface area contributed by atoms with E-state index in [9.17, 15) is 9.59 Å². The molecular formula is C14H21N3O2S. The molecular weight excluding hydrogens is 274 g/mol. The summed E-state index contributed by atoms with van der Waals surface area (Å²) in [6, 6.07) is 3.57. The van der Waals surface area contributed by atoms with E-state index in [2.05, 4.69) is 0 Å². The number of thiophene rings is 1. The van der Waals surface area contributed by atoms with E-state index in [4.69, 9.17) is 5.73 Å². The molecule has 0 saturated carbocycles. The van der Waals surface area contributed by atoms with Crippen LogP contribution < -0.4 is 5.73 Å². The normalized spacial score (nSPS) is 18.8. The number of hydrogen-bond donors (Lipinski definition) is 1. The van der Waals surface area contributed by atoms with E-state index in [1.54, 1.807) is 0 Å². The SMILES string of the molecule is CC(N)C(C)C(=O)N1CCN(C(=O)c2cccs2)CC1. The van der Waals surface area contributed by atoms with Gasteiger partial charge in [0.2, 0.25) is 5.91 Å². The van der Waals surface area contributed by atoms with Gasteiger partial charge in [0.1, 0.15) is 0 Å². The van der Waals surface area contributed by atoms with Crippen LogP contribution in [0.25, 0.3) is 0 Å². The molecule has 2 amide bonds. The molecule has 0 aliphatic carbocycles. The molecule has 0 bridgehead atoms. The van der Waals surface area contributed by atoms with Gasteiger partial charge in [-0.25, -0.2) is 0 Å². The summed E-state index contributed by atoms with van der Waals surface area (Å²) < 4.78 is 0. The lowest BCUT2D eigenvalue weighted by molar-refractivity contribution is -0.137. The van der Waals surface area contributed by atoms with Crippen molar-refractivity contribution in [1.82, 2.24) is 9.80 Å². The van der Waals surface area contributed by atoms with Crippen molar-refractivity contribution in [3.63, 3.8) is 0 Å². The van der Waals surface area contributed by atoms with Gasteiger partial charge in [-0.2, -0.15) is 0 Å². The summed E-state index contributed by atoms with van der Waals surface area (Å²) in [5, 5.41) is 1.90. The topological polar surface area (TPSA) is 66.6 Å². The Hall–Kier alpha value is -1.40. The standard InChI is InChI=1S/C14H21N3O2S/c1-10(11(2)15)13(18)16-5-7-17(8-6-16)14(19)12-4-3-9-20-12/h3-4,9-11H,5-8,15H2,1-2H3. The van der Waals surface area contributed by atoms with E-state index in [1.807, 2.05) is 41.2 Å². The van der Waals surface area contributed by atoms with Gasteiger partial charge in [0.15, 0.2) is 0 Å². The molecule has 2 atom stereocenters. The molecule has 110 valence electrons. The molecule has 1 aromatic heterocycles.